The van der Waals surface area contributed by atoms with Crippen LogP contribution in [0.25, 0.3) is 16.6 Å². The van der Waals surface area contributed by atoms with E-state index >= 15 is 0 Å². The molecule has 0 saturated carbocycles. The summed E-state index contributed by atoms with van der Waals surface area (Å²) in [6, 6.07) is 18.4. The van der Waals surface area contributed by atoms with Gasteiger partial charge in [0, 0.05) is 15.9 Å². The van der Waals surface area contributed by atoms with E-state index in [9.17, 15) is 4.79 Å². The topological polar surface area (TPSA) is 46.9 Å². The molecule has 0 unspecified atom stereocenters. The van der Waals surface area contributed by atoms with E-state index < -0.39 is 0 Å². The fourth-order valence-electron chi connectivity index (χ4n) is 3.38. The highest BCUT2D eigenvalue weighted by molar-refractivity contribution is 9.10. The molecule has 1 heterocycles. The van der Waals surface area contributed by atoms with Crippen molar-refractivity contribution in [1.82, 2.24) is 9.55 Å². The molecule has 0 saturated heterocycles. The second kappa shape index (κ2) is 9.09. The monoisotopic (exact) mass is 531 g/mol. The first-order chi connectivity index (χ1) is 14.8. The van der Waals surface area contributed by atoms with Crippen molar-refractivity contribution in [3.63, 3.8) is 0 Å². The predicted octanol–water partition coefficient (Wildman–Crippen LogP) is 6.75. The summed E-state index contributed by atoms with van der Waals surface area (Å²) in [6.07, 6.45) is 0.508. The van der Waals surface area contributed by atoms with E-state index in [4.69, 9.17) is 35.4 Å². The number of hydrogen-bond donors (Lipinski definition) is 1. The fourth-order valence-corrected chi connectivity index (χ4v) is 4.69. The predicted molar refractivity (Wildman–Crippen MR) is 136 cm³/mol. The first-order valence-electron chi connectivity index (χ1n) is 9.35. The molecule has 4 aromatic rings. The number of nitrogens with one attached hydrogen (secondary N) is 1. The normalized spacial score (nSPS) is 11.0. The zero-order valence-electron chi connectivity index (χ0n) is 16.3. The Morgan fingerprint density at radius 2 is 1.90 bits per heavy atom. The van der Waals surface area contributed by atoms with Gasteiger partial charge in [0.2, 0.25) is 0 Å². The van der Waals surface area contributed by atoms with Gasteiger partial charge in [-0.05, 0) is 70.9 Å². The Balaban J connectivity index is 1.65. The van der Waals surface area contributed by atoms with Gasteiger partial charge in [-0.1, -0.05) is 53.6 Å². The number of anilines is 1. The van der Waals surface area contributed by atoms with Gasteiger partial charge in [-0.2, -0.15) is 0 Å². The van der Waals surface area contributed by atoms with Crippen molar-refractivity contribution in [2.24, 2.45) is 0 Å². The maximum absolute atomic E-state index is 13.2. The van der Waals surface area contributed by atoms with Gasteiger partial charge in [0.15, 0.2) is 0 Å². The van der Waals surface area contributed by atoms with Crippen molar-refractivity contribution >= 4 is 72.9 Å². The molecule has 1 aromatic heterocycles. The lowest BCUT2D eigenvalue weighted by Gasteiger charge is -2.14. The number of nitrogens with zero attached hydrogens (tertiary/aromatic N) is 2. The molecule has 0 spiro atoms. The van der Waals surface area contributed by atoms with Crippen LogP contribution in [0.4, 0.5) is 5.69 Å². The summed E-state index contributed by atoms with van der Waals surface area (Å²) < 4.78 is 2.40. The van der Waals surface area contributed by atoms with Crippen molar-refractivity contribution in [2.75, 3.05) is 5.32 Å². The van der Waals surface area contributed by atoms with Crippen LogP contribution in [0.5, 0.6) is 0 Å². The number of fused-ring (bicyclic) bond motifs is 1. The molecule has 4 nitrogen and oxygen atoms in total. The molecular formula is C23H16BrCl2N3OS. The Morgan fingerprint density at radius 1 is 1.13 bits per heavy atom. The molecule has 1 N–H and O–H groups in total. The van der Waals surface area contributed by atoms with Crippen molar-refractivity contribution in [2.45, 2.75) is 13.3 Å². The summed E-state index contributed by atoms with van der Waals surface area (Å²) >= 11 is 21.3. The van der Waals surface area contributed by atoms with Gasteiger partial charge in [-0.25, -0.2) is 4.98 Å². The summed E-state index contributed by atoms with van der Waals surface area (Å²) in [4.78, 5) is 18.4. The average molecular weight is 533 g/mol. The van der Waals surface area contributed by atoms with Crippen LogP contribution >= 0.6 is 51.3 Å². The molecule has 3 aromatic carbocycles. The van der Waals surface area contributed by atoms with E-state index in [1.807, 2.05) is 30.3 Å². The summed E-state index contributed by atoms with van der Waals surface area (Å²) in [6.45, 7) is 1.80. The van der Waals surface area contributed by atoms with Gasteiger partial charge in [0.1, 0.15) is 5.82 Å². The number of benzene rings is 3. The van der Waals surface area contributed by atoms with E-state index in [0.29, 0.717) is 43.9 Å². The van der Waals surface area contributed by atoms with Crippen LogP contribution < -0.4 is 10.9 Å². The summed E-state index contributed by atoms with van der Waals surface area (Å²) in [7, 11) is 0. The number of rotatable bonds is 4. The van der Waals surface area contributed by atoms with E-state index in [1.54, 1.807) is 41.8 Å². The van der Waals surface area contributed by atoms with Gasteiger partial charge in [0.05, 0.1) is 32.3 Å². The number of thiocarbonyl (C=S) groups is 1. The lowest BCUT2D eigenvalue weighted by atomic mass is 10.1. The minimum atomic E-state index is -0.198. The molecule has 31 heavy (non-hydrogen) atoms. The van der Waals surface area contributed by atoms with Crippen LogP contribution in [0.2, 0.25) is 10.0 Å². The highest BCUT2D eigenvalue weighted by atomic mass is 79.9. The Kier molecular flexibility index (Phi) is 6.44. The third-order valence-electron chi connectivity index (χ3n) is 4.75. The molecule has 156 valence electrons. The van der Waals surface area contributed by atoms with E-state index in [2.05, 4.69) is 26.2 Å². The summed E-state index contributed by atoms with van der Waals surface area (Å²) in [5.41, 5.74) is 2.90. The molecule has 0 aliphatic carbocycles. The highest BCUT2D eigenvalue weighted by Gasteiger charge is 2.13. The highest BCUT2D eigenvalue weighted by Crippen LogP contribution is 2.26. The van der Waals surface area contributed by atoms with E-state index in [1.165, 1.54) is 0 Å². The van der Waals surface area contributed by atoms with Gasteiger partial charge in [-0.15, -0.1) is 0 Å². The van der Waals surface area contributed by atoms with Gasteiger partial charge < -0.3 is 5.32 Å². The first kappa shape index (κ1) is 22.0. The van der Waals surface area contributed by atoms with Crippen molar-refractivity contribution in [1.29, 1.82) is 0 Å². The van der Waals surface area contributed by atoms with Crippen LogP contribution in [-0.4, -0.2) is 14.5 Å². The summed E-state index contributed by atoms with van der Waals surface area (Å²) in [5, 5.41) is 4.66. The lowest BCUT2D eigenvalue weighted by Crippen LogP contribution is -2.22. The van der Waals surface area contributed by atoms with E-state index in [-0.39, 0.29) is 5.56 Å². The molecule has 0 radical (unpaired) electrons. The van der Waals surface area contributed by atoms with Gasteiger partial charge in [0.25, 0.3) is 5.56 Å². The first-order valence-corrected chi connectivity index (χ1v) is 11.3. The Labute approximate surface area is 203 Å². The second-order valence-electron chi connectivity index (χ2n) is 6.95. The molecule has 4 rings (SSSR count). The quantitative estimate of drug-likeness (QED) is 0.295. The van der Waals surface area contributed by atoms with Crippen molar-refractivity contribution < 1.29 is 0 Å². The Bertz CT molecular complexity index is 1390. The maximum atomic E-state index is 13.2. The minimum absolute atomic E-state index is 0.198. The van der Waals surface area contributed by atoms with Crippen molar-refractivity contribution in [3.8, 4) is 5.69 Å². The van der Waals surface area contributed by atoms with E-state index in [0.717, 1.165) is 15.7 Å². The lowest BCUT2D eigenvalue weighted by molar-refractivity contribution is 0.893. The number of hydrogen-bond acceptors (Lipinski definition) is 3. The zero-order chi connectivity index (χ0) is 22.1. The molecule has 8 heteroatoms. The largest absolute Gasteiger partial charge is 0.349 e. The second-order valence-corrected chi connectivity index (χ2v) is 9.14. The Morgan fingerprint density at radius 3 is 2.68 bits per heavy atom. The third kappa shape index (κ3) is 4.67. The fraction of sp³-hybridized carbons (Fsp3) is 0.0870. The van der Waals surface area contributed by atoms with Crippen LogP contribution in [-0.2, 0) is 6.42 Å². The molecular weight excluding hydrogens is 517 g/mol. The summed E-state index contributed by atoms with van der Waals surface area (Å²) in [5.74, 6) is 0.586. The standard InChI is InChI=1S/C23H16BrCl2N3OS/c1-13-27-20-7-3-6-18(26)22(20)23(30)29(13)16-5-2-4-14(10-16)11-21(31)28-19-9-8-15(25)12-17(19)24/h2-10,12H,11H2,1H3,(H,28,31). The van der Waals surface area contributed by atoms with Crippen LogP contribution in [0, 0.1) is 6.92 Å². The molecule has 0 amide bonds. The molecule has 0 aliphatic heterocycles. The smallest absolute Gasteiger partial charge is 0.267 e. The van der Waals surface area contributed by atoms with Crippen LogP contribution in [0.1, 0.15) is 11.4 Å². The average Bonchev–Trinajstić information content (AvgIpc) is 2.70. The van der Waals surface area contributed by atoms with Crippen molar-refractivity contribution in [3.05, 3.63) is 96.9 Å². The molecule has 0 aliphatic rings. The number of aryl methyl sites for hydroxylation is 1. The minimum Gasteiger partial charge on any atom is -0.349 e. The molecule has 0 bridgehead atoms. The third-order valence-corrected chi connectivity index (χ3v) is 6.21. The van der Waals surface area contributed by atoms with Gasteiger partial charge in [-0.3, -0.25) is 9.36 Å². The molecule has 0 fully saturated rings. The van der Waals surface area contributed by atoms with Crippen LogP contribution in [0.15, 0.2) is 69.9 Å². The zero-order valence-corrected chi connectivity index (χ0v) is 20.2. The maximum Gasteiger partial charge on any atom is 0.267 e. The Hall–Kier alpha value is -2.25. The van der Waals surface area contributed by atoms with Crippen LogP contribution in [0.3, 0.4) is 0 Å². The number of aromatic nitrogens is 2. The number of halogens is 3. The van der Waals surface area contributed by atoms with Gasteiger partial charge >= 0.3 is 0 Å². The SMILES string of the molecule is Cc1nc2cccc(Cl)c2c(=O)n1-c1cccc(CC(=S)Nc2ccc(Cl)cc2Br)c1. The molecule has 0 atom stereocenters.